The molecule has 0 saturated carbocycles. The second kappa shape index (κ2) is 5.52. The Morgan fingerprint density at radius 3 is 2.74 bits per heavy atom. The molecular formula is C10H5Cl2N3O3S. The van der Waals surface area contributed by atoms with Crippen molar-refractivity contribution < 1.29 is 9.72 Å². The number of rotatable bonds is 3. The summed E-state index contributed by atoms with van der Waals surface area (Å²) in [6, 6.07) is 4.41. The van der Waals surface area contributed by atoms with Gasteiger partial charge < -0.3 is 0 Å². The van der Waals surface area contributed by atoms with Crippen LogP contribution in [0.4, 0.5) is 10.1 Å². The summed E-state index contributed by atoms with van der Waals surface area (Å²) in [5.74, 6) is -0.508. The first kappa shape index (κ1) is 13.7. The van der Waals surface area contributed by atoms with Gasteiger partial charge in [0.25, 0.3) is 5.91 Å². The van der Waals surface area contributed by atoms with E-state index in [9.17, 15) is 14.9 Å². The molecule has 1 N–H and O–H groups in total. The van der Waals surface area contributed by atoms with Gasteiger partial charge in [-0.1, -0.05) is 23.2 Å². The van der Waals surface area contributed by atoms with Crippen molar-refractivity contribution in [1.29, 1.82) is 0 Å². The number of amides is 1. The Labute approximate surface area is 121 Å². The summed E-state index contributed by atoms with van der Waals surface area (Å²) in [7, 11) is 0. The molecule has 0 aliphatic heterocycles. The molecule has 1 aromatic carbocycles. The summed E-state index contributed by atoms with van der Waals surface area (Å²) in [4.78, 5) is 25.5. The molecule has 1 aromatic heterocycles. The molecule has 98 valence electrons. The zero-order valence-corrected chi connectivity index (χ0v) is 11.4. The van der Waals surface area contributed by atoms with E-state index in [0.717, 1.165) is 17.5 Å². The number of thiazole rings is 1. The van der Waals surface area contributed by atoms with Crippen LogP contribution in [0.15, 0.2) is 24.4 Å². The fourth-order valence-electron chi connectivity index (χ4n) is 1.25. The summed E-state index contributed by atoms with van der Waals surface area (Å²) >= 11 is 12.4. The van der Waals surface area contributed by atoms with Gasteiger partial charge in [-0.2, -0.15) is 0 Å². The Balaban J connectivity index is 2.18. The first-order valence-corrected chi connectivity index (χ1v) is 6.41. The lowest BCUT2D eigenvalue weighted by atomic mass is 10.2. The SMILES string of the molecule is O=C(Nc1ncc([N+](=O)[O-])s1)c1ccc(Cl)cc1Cl. The molecule has 0 saturated heterocycles. The average molecular weight is 318 g/mol. The molecule has 0 radical (unpaired) electrons. The largest absolute Gasteiger partial charge is 0.345 e. The van der Waals surface area contributed by atoms with Gasteiger partial charge in [-0.3, -0.25) is 20.2 Å². The fourth-order valence-corrected chi connectivity index (χ4v) is 2.37. The van der Waals surface area contributed by atoms with Crippen molar-refractivity contribution in [2.75, 3.05) is 5.32 Å². The molecule has 0 unspecified atom stereocenters. The van der Waals surface area contributed by atoms with E-state index in [2.05, 4.69) is 10.3 Å². The summed E-state index contributed by atoms with van der Waals surface area (Å²) < 4.78 is 0. The minimum atomic E-state index is -0.581. The van der Waals surface area contributed by atoms with Crippen LogP contribution in [-0.4, -0.2) is 15.8 Å². The minimum absolute atomic E-state index is 0.128. The standard InChI is InChI=1S/C10H5Cl2N3O3S/c11-5-1-2-6(7(12)3-5)9(16)14-10-13-4-8(19-10)15(17)18/h1-4H,(H,13,14,16). The van der Waals surface area contributed by atoms with Crippen LogP contribution in [0.2, 0.25) is 10.0 Å². The minimum Gasteiger partial charge on any atom is -0.298 e. The van der Waals surface area contributed by atoms with Crippen LogP contribution in [0.1, 0.15) is 10.4 Å². The highest BCUT2D eigenvalue weighted by Gasteiger charge is 2.16. The highest BCUT2D eigenvalue weighted by Crippen LogP contribution is 2.27. The van der Waals surface area contributed by atoms with E-state index in [0.29, 0.717) is 5.02 Å². The Morgan fingerprint density at radius 1 is 1.42 bits per heavy atom. The first-order valence-electron chi connectivity index (χ1n) is 4.84. The van der Waals surface area contributed by atoms with Crippen LogP contribution in [0, 0.1) is 10.1 Å². The lowest BCUT2D eigenvalue weighted by Gasteiger charge is -2.03. The Bertz CT molecular complexity index is 659. The predicted molar refractivity (Wildman–Crippen MR) is 73.2 cm³/mol. The summed E-state index contributed by atoms with van der Waals surface area (Å²) in [6.07, 6.45) is 1.07. The third-order valence-corrected chi connectivity index (χ3v) is 3.48. The van der Waals surface area contributed by atoms with Gasteiger partial charge >= 0.3 is 5.00 Å². The van der Waals surface area contributed by atoms with Gasteiger partial charge in [0.1, 0.15) is 6.20 Å². The van der Waals surface area contributed by atoms with Crippen molar-refractivity contribution in [2.24, 2.45) is 0 Å². The molecule has 0 fully saturated rings. The van der Waals surface area contributed by atoms with Crippen molar-refractivity contribution in [1.82, 2.24) is 4.98 Å². The smallest absolute Gasteiger partial charge is 0.298 e. The lowest BCUT2D eigenvalue weighted by molar-refractivity contribution is -0.380. The van der Waals surface area contributed by atoms with E-state index in [1.54, 1.807) is 0 Å². The van der Waals surface area contributed by atoms with Crippen LogP contribution < -0.4 is 5.32 Å². The number of hydrogen-bond donors (Lipinski definition) is 1. The molecule has 0 aliphatic carbocycles. The molecule has 0 spiro atoms. The molecule has 0 aliphatic rings. The number of hydrogen-bond acceptors (Lipinski definition) is 5. The molecule has 1 heterocycles. The van der Waals surface area contributed by atoms with Crippen molar-refractivity contribution in [3.8, 4) is 0 Å². The topological polar surface area (TPSA) is 85.1 Å². The molecule has 6 nitrogen and oxygen atoms in total. The Hall–Kier alpha value is -1.70. The first-order chi connectivity index (χ1) is 8.97. The quantitative estimate of drug-likeness (QED) is 0.692. The molecular weight excluding hydrogens is 313 g/mol. The van der Waals surface area contributed by atoms with Crippen LogP contribution in [0.5, 0.6) is 0 Å². The second-order valence-corrected chi connectivity index (χ2v) is 5.19. The number of nitro groups is 1. The van der Waals surface area contributed by atoms with Crippen molar-refractivity contribution in [3.05, 3.63) is 50.1 Å². The van der Waals surface area contributed by atoms with E-state index < -0.39 is 10.8 Å². The molecule has 0 bridgehead atoms. The molecule has 2 aromatic rings. The number of anilines is 1. The zero-order chi connectivity index (χ0) is 14.0. The number of aromatic nitrogens is 1. The third kappa shape index (κ3) is 3.19. The fraction of sp³-hybridized carbons (Fsp3) is 0. The number of benzene rings is 1. The maximum absolute atomic E-state index is 11.9. The van der Waals surface area contributed by atoms with Crippen LogP contribution in [0.25, 0.3) is 0 Å². The molecule has 2 rings (SSSR count). The number of carbonyl (C=O) groups is 1. The van der Waals surface area contributed by atoms with Gasteiger partial charge in [0.05, 0.1) is 15.5 Å². The summed E-state index contributed by atoms with van der Waals surface area (Å²) in [6.45, 7) is 0. The summed E-state index contributed by atoms with van der Waals surface area (Å²) in [5, 5.41) is 13.5. The van der Waals surface area contributed by atoms with Crippen molar-refractivity contribution >= 4 is 50.6 Å². The van der Waals surface area contributed by atoms with Crippen LogP contribution >= 0.6 is 34.5 Å². The van der Waals surface area contributed by atoms with E-state index in [4.69, 9.17) is 23.2 Å². The molecule has 0 atom stereocenters. The number of nitrogens with one attached hydrogen (secondary N) is 1. The zero-order valence-electron chi connectivity index (χ0n) is 9.09. The molecule has 19 heavy (non-hydrogen) atoms. The van der Waals surface area contributed by atoms with Gasteiger partial charge in [-0.25, -0.2) is 4.98 Å². The van der Waals surface area contributed by atoms with Gasteiger partial charge in [0.15, 0.2) is 5.13 Å². The van der Waals surface area contributed by atoms with Gasteiger partial charge in [-0.05, 0) is 29.5 Å². The lowest BCUT2D eigenvalue weighted by Crippen LogP contribution is -2.12. The molecule has 1 amide bonds. The Kier molecular flexibility index (Phi) is 3.98. The number of halogens is 2. The third-order valence-electron chi connectivity index (χ3n) is 2.07. The predicted octanol–water partition coefficient (Wildman–Crippen LogP) is 3.61. The molecule has 9 heteroatoms. The van der Waals surface area contributed by atoms with Gasteiger partial charge in [0, 0.05) is 5.02 Å². The van der Waals surface area contributed by atoms with E-state index in [1.807, 2.05) is 0 Å². The van der Waals surface area contributed by atoms with Gasteiger partial charge in [0.2, 0.25) is 0 Å². The maximum atomic E-state index is 11.9. The van der Waals surface area contributed by atoms with E-state index >= 15 is 0 Å². The van der Waals surface area contributed by atoms with Gasteiger partial charge in [-0.15, -0.1) is 0 Å². The van der Waals surface area contributed by atoms with Crippen molar-refractivity contribution in [2.45, 2.75) is 0 Å². The number of nitrogens with zero attached hydrogens (tertiary/aromatic N) is 2. The highest BCUT2D eigenvalue weighted by molar-refractivity contribution is 7.18. The number of carbonyl (C=O) groups excluding carboxylic acids is 1. The average Bonchev–Trinajstić information content (AvgIpc) is 2.77. The Morgan fingerprint density at radius 2 is 2.16 bits per heavy atom. The normalized spacial score (nSPS) is 10.2. The highest BCUT2D eigenvalue weighted by atomic mass is 35.5. The van der Waals surface area contributed by atoms with Crippen molar-refractivity contribution in [3.63, 3.8) is 0 Å². The van der Waals surface area contributed by atoms with Crippen LogP contribution in [0.3, 0.4) is 0 Å². The van der Waals surface area contributed by atoms with E-state index in [-0.39, 0.29) is 20.7 Å². The van der Waals surface area contributed by atoms with E-state index in [1.165, 1.54) is 18.2 Å². The summed E-state index contributed by atoms with van der Waals surface area (Å²) in [5.41, 5.74) is 0.212. The second-order valence-electron chi connectivity index (χ2n) is 3.34. The maximum Gasteiger partial charge on any atom is 0.345 e. The van der Waals surface area contributed by atoms with Crippen LogP contribution in [-0.2, 0) is 0 Å². The monoisotopic (exact) mass is 317 g/mol.